The molecule has 10 heteroatoms. The third-order valence-corrected chi connectivity index (χ3v) is 4.40. The molecule has 0 radical (unpaired) electrons. The van der Waals surface area contributed by atoms with Crippen LogP contribution < -0.4 is 10.1 Å². The summed E-state index contributed by atoms with van der Waals surface area (Å²) in [4.78, 5) is 30.5. The molecule has 1 aromatic carbocycles. The van der Waals surface area contributed by atoms with Crippen molar-refractivity contribution in [2.75, 3.05) is 0 Å². The highest BCUT2D eigenvalue weighted by Crippen LogP contribution is 2.22. The van der Waals surface area contributed by atoms with E-state index in [4.69, 9.17) is 9.84 Å². The Balaban J connectivity index is 1.58. The Kier molecular flexibility index (Phi) is 5.77. The van der Waals surface area contributed by atoms with Crippen molar-refractivity contribution in [2.24, 2.45) is 10.2 Å². The Bertz CT molecular complexity index is 914. The number of aliphatic carboxylic acids is 1. The van der Waals surface area contributed by atoms with Gasteiger partial charge in [0.15, 0.2) is 5.17 Å². The number of aryl methyl sites for hydroxylation is 1. The lowest BCUT2D eigenvalue weighted by atomic mass is 10.2. The molecule has 1 aromatic heterocycles. The first-order chi connectivity index (χ1) is 13.0. The number of rotatable bonds is 6. The van der Waals surface area contributed by atoms with Gasteiger partial charge in [-0.1, -0.05) is 11.8 Å². The van der Waals surface area contributed by atoms with Crippen molar-refractivity contribution in [1.29, 1.82) is 0 Å². The van der Waals surface area contributed by atoms with Crippen LogP contribution in [0.15, 0.2) is 46.9 Å². The molecule has 0 spiro atoms. The van der Waals surface area contributed by atoms with Crippen molar-refractivity contribution in [3.05, 3.63) is 47.9 Å². The summed E-state index contributed by atoms with van der Waals surface area (Å²) >= 11 is 1.05. The first-order valence-corrected chi connectivity index (χ1v) is 8.74. The van der Waals surface area contributed by atoms with Crippen molar-refractivity contribution in [3.8, 4) is 11.6 Å². The second-order valence-electron chi connectivity index (χ2n) is 5.51. The van der Waals surface area contributed by atoms with Gasteiger partial charge in [-0.15, -0.1) is 5.10 Å². The molecule has 0 saturated carbocycles. The zero-order valence-electron chi connectivity index (χ0n) is 14.2. The summed E-state index contributed by atoms with van der Waals surface area (Å²) in [6.07, 6.45) is 4.43. The summed E-state index contributed by atoms with van der Waals surface area (Å²) in [5, 5.41) is 18.7. The number of benzene rings is 1. The van der Waals surface area contributed by atoms with Gasteiger partial charge < -0.3 is 15.2 Å². The number of amides is 1. The number of carboxylic acid groups (broad SMARTS) is 1. The standard InChI is InChI=1S/C17H15N5O4S/c1-10-7-18-9-14(20-10)26-12-4-2-11(3-5-12)8-19-22-17-21-16(25)13(27-17)6-15(23)24/h2-5,7-9,13H,6H2,1H3,(H,23,24)(H,21,22,25). The molecule has 1 aliphatic heterocycles. The largest absolute Gasteiger partial charge is 0.481 e. The van der Waals surface area contributed by atoms with Crippen molar-refractivity contribution < 1.29 is 19.4 Å². The average molecular weight is 385 g/mol. The van der Waals surface area contributed by atoms with Crippen LogP contribution in [-0.2, 0) is 9.59 Å². The first kappa shape index (κ1) is 18.5. The fourth-order valence-corrected chi connectivity index (χ4v) is 3.04. The predicted octanol–water partition coefficient (Wildman–Crippen LogP) is 1.97. The van der Waals surface area contributed by atoms with Gasteiger partial charge in [-0.3, -0.25) is 14.6 Å². The third kappa shape index (κ3) is 5.35. The Morgan fingerprint density at radius 3 is 2.85 bits per heavy atom. The second-order valence-corrected chi connectivity index (χ2v) is 6.70. The highest BCUT2D eigenvalue weighted by atomic mass is 32.2. The maximum absolute atomic E-state index is 11.6. The summed E-state index contributed by atoms with van der Waals surface area (Å²) in [5.41, 5.74) is 1.54. The molecular formula is C17H15N5O4S. The van der Waals surface area contributed by atoms with Crippen LogP contribution in [-0.4, -0.2) is 43.6 Å². The van der Waals surface area contributed by atoms with Gasteiger partial charge in [0.2, 0.25) is 11.8 Å². The van der Waals surface area contributed by atoms with Crippen LogP contribution in [0, 0.1) is 6.92 Å². The number of carbonyl (C=O) groups excluding carboxylic acids is 1. The molecule has 138 valence electrons. The zero-order chi connectivity index (χ0) is 19.2. The minimum atomic E-state index is -1.04. The number of thioether (sulfide) groups is 1. The quantitative estimate of drug-likeness (QED) is 0.575. The van der Waals surface area contributed by atoms with E-state index in [-0.39, 0.29) is 17.5 Å². The number of carboxylic acids is 1. The number of ether oxygens (including phenoxy) is 1. The first-order valence-electron chi connectivity index (χ1n) is 7.86. The van der Waals surface area contributed by atoms with E-state index in [1.807, 2.05) is 6.92 Å². The van der Waals surface area contributed by atoms with Gasteiger partial charge in [0.05, 0.1) is 24.5 Å². The Morgan fingerprint density at radius 1 is 1.37 bits per heavy atom. The lowest BCUT2D eigenvalue weighted by Gasteiger charge is -2.04. The van der Waals surface area contributed by atoms with Gasteiger partial charge in [-0.25, -0.2) is 4.98 Å². The maximum Gasteiger partial charge on any atom is 0.305 e. The van der Waals surface area contributed by atoms with Crippen LogP contribution in [0.25, 0.3) is 0 Å². The topological polar surface area (TPSA) is 126 Å². The molecule has 9 nitrogen and oxygen atoms in total. The molecule has 2 N–H and O–H groups in total. The average Bonchev–Trinajstić information content (AvgIpc) is 2.95. The number of nitrogens with zero attached hydrogens (tertiary/aromatic N) is 4. The highest BCUT2D eigenvalue weighted by Gasteiger charge is 2.32. The number of aromatic nitrogens is 2. The van der Waals surface area contributed by atoms with Gasteiger partial charge in [0, 0.05) is 6.20 Å². The molecular weight excluding hydrogens is 370 g/mol. The van der Waals surface area contributed by atoms with Crippen LogP contribution >= 0.6 is 11.8 Å². The number of nitrogens with one attached hydrogen (secondary N) is 1. The highest BCUT2D eigenvalue weighted by molar-refractivity contribution is 8.15. The van der Waals surface area contributed by atoms with E-state index in [0.29, 0.717) is 11.6 Å². The normalized spacial score (nSPS) is 18.0. The monoisotopic (exact) mass is 385 g/mol. The van der Waals surface area contributed by atoms with Crippen molar-refractivity contribution in [3.63, 3.8) is 0 Å². The summed E-state index contributed by atoms with van der Waals surface area (Å²) in [7, 11) is 0. The van der Waals surface area contributed by atoms with Crippen LogP contribution in [0.4, 0.5) is 0 Å². The van der Waals surface area contributed by atoms with E-state index in [2.05, 4.69) is 25.5 Å². The minimum Gasteiger partial charge on any atom is -0.481 e. The van der Waals surface area contributed by atoms with E-state index < -0.39 is 11.2 Å². The molecule has 1 unspecified atom stereocenters. The van der Waals surface area contributed by atoms with Gasteiger partial charge in [-0.2, -0.15) is 5.10 Å². The SMILES string of the molecule is Cc1cncc(Oc2ccc(C=NN=C3NC(=O)C(CC(=O)O)S3)cc2)n1. The number of hydrogen-bond acceptors (Lipinski definition) is 8. The Hall–Kier alpha value is -3.27. The summed E-state index contributed by atoms with van der Waals surface area (Å²) in [6, 6.07) is 7.09. The minimum absolute atomic E-state index is 0.258. The fraction of sp³-hybridized carbons (Fsp3) is 0.176. The van der Waals surface area contributed by atoms with Gasteiger partial charge in [0.1, 0.15) is 11.0 Å². The van der Waals surface area contributed by atoms with Crippen molar-refractivity contribution in [2.45, 2.75) is 18.6 Å². The molecule has 0 aliphatic carbocycles. The molecule has 1 fully saturated rings. The molecule has 1 amide bonds. The van der Waals surface area contributed by atoms with E-state index in [1.165, 1.54) is 12.4 Å². The van der Waals surface area contributed by atoms with Gasteiger partial charge in [0.25, 0.3) is 0 Å². The smallest absolute Gasteiger partial charge is 0.305 e. The molecule has 1 saturated heterocycles. The molecule has 2 aromatic rings. The van der Waals surface area contributed by atoms with E-state index in [0.717, 1.165) is 23.0 Å². The zero-order valence-corrected chi connectivity index (χ0v) is 15.0. The Labute approximate surface area is 158 Å². The molecule has 3 rings (SSSR count). The van der Waals surface area contributed by atoms with Crippen molar-refractivity contribution in [1.82, 2.24) is 15.3 Å². The molecule has 2 heterocycles. The van der Waals surface area contributed by atoms with Crippen molar-refractivity contribution >= 4 is 35.0 Å². The van der Waals surface area contributed by atoms with Crippen LogP contribution in [0.3, 0.4) is 0 Å². The van der Waals surface area contributed by atoms with Crippen LogP contribution in [0.5, 0.6) is 11.6 Å². The number of amidine groups is 1. The van der Waals surface area contributed by atoms with Crippen LogP contribution in [0.1, 0.15) is 17.7 Å². The van der Waals surface area contributed by atoms with E-state index in [9.17, 15) is 9.59 Å². The Morgan fingerprint density at radius 2 is 2.15 bits per heavy atom. The van der Waals surface area contributed by atoms with E-state index >= 15 is 0 Å². The van der Waals surface area contributed by atoms with E-state index in [1.54, 1.807) is 30.5 Å². The second kappa shape index (κ2) is 8.41. The van der Waals surface area contributed by atoms with Crippen LogP contribution in [0.2, 0.25) is 0 Å². The van der Waals surface area contributed by atoms with Gasteiger partial charge in [-0.05, 0) is 36.8 Å². The summed E-state index contributed by atoms with van der Waals surface area (Å²) in [5.74, 6) is -0.398. The summed E-state index contributed by atoms with van der Waals surface area (Å²) in [6.45, 7) is 1.83. The number of carbonyl (C=O) groups is 2. The lowest BCUT2D eigenvalue weighted by molar-refractivity contribution is -0.138. The molecule has 1 aliphatic rings. The lowest BCUT2D eigenvalue weighted by Crippen LogP contribution is -2.26. The molecule has 0 bridgehead atoms. The molecule has 1 atom stereocenters. The fourth-order valence-electron chi connectivity index (χ4n) is 2.13. The van der Waals surface area contributed by atoms with Gasteiger partial charge >= 0.3 is 5.97 Å². The predicted molar refractivity (Wildman–Crippen MR) is 100 cm³/mol. The third-order valence-electron chi connectivity index (χ3n) is 3.33. The molecule has 27 heavy (non-hydrogen) atoms. The number of hydrogen-bond donors (Lipinski definition) is 2. The maximum atomic E-state index is 11.6. The summed E-state index contributed by atoms with van der Waals surface area (Å²) < 4.78 is 5.61.